The highest BCUT2D eigenvalue weighted by molar-refractivity contribution is 5.85. The smallest absolute Gasteiger partial charge is 0.00183 e. The highest BCUT2D eigenvalue weighted by Crippen LogP contribution is 2.07. The number of halogens is 1. The summed E-state index contributed by atoms with van der Waals surface area (Å²) in [4.78, 5) is 2.54. The van der Waals surface area contributed by atoms with Crippen LogP contribution in [-0.4, -0.2) is 31.1 Å². The minimum atomic E-state index is 0. The molecule has 0 saturated carbocycles. The van der Waals surface area contributed by atoms with Crippen LogP contribution in [0.5, 0.6) is 0 Å². The zero-order chi connectivity index (χ0) is 7.23. The quantitative estimate of drug-likeness (QED) is 0.657. The zero-order valence-electron chi connectivity index (χ0n) is 7.09. The van der Waals surface area contributed by atoms with Crippen molar-refractivity contribution >= 4 is 12.4 Å². The van der Waals surface area contributed by atoms with Crippen LogP contribution >= 0.6 is 12.4 Å². The third-order valence-electron chi connectivity index (χ3n) is 2.13. The summed E-state index contributed by atoms with van der Waals surface area (Å²) in [7, 11) is 0. The largest absolute Gasteiger partial charge is 0.330 e. The van der Waals surface area contributed by atoms with Crippen LogP contribution in [0.25, 0.3) is 0 Å². The van der Waals surface area contributed by atoms with Gasteiger partial charge in [-0.15, -0.1) is 12.4 Å². The third-order valence-corrected chi connectivity index (χ3v) is 2.13. The molecule has 0 aliphatic carbocycles. The lowest BCUT2D eigenvalue weighted by atomic mass is 10.3. The number of nitrogens with zero attached hydrogens (tertiary/aromatic N) is 1. The van der Waals surface area contributed by atoms with Crippen LogP contribution in [0.2, 0.25) is 0 Å². The SMILES string of the molecule is Cl.NCCCCN1CCCC1. The molecule has 1 rings (SSSR count). The number of nitrogens with two attached hydrogens (primary N) is 1. The van der Waals surface area contributed by atoms with Crippen molar-refractivity contribution in [2.75, 3.05) is 26.2 Å². The normalized spacial score (nSPS) is 18.3. The minimum Gasteiger partial charge on any atom is -0.330 e. The van der Waals surface area contributed by atoms with Crippen LogP contribution < -0.4 is 5.73 Å². The van der Waals surface area contributed by atoms with Crippen LogP contribution in [0.1, 0.15) is 25.7 Å². The molecule has 0 atom stereocenters. The van der Waals surface area contributed by atoms with E-state index in [9.17, 15) is 0 Å². The molecule has 0 radical (unpaired) electrons. The molecule has 0 unspecified atom stereocenters. The molecule has 0 aromatic heterocycles. The van der Waals surface area contributed by atoms with E-state index in [-0.39, 0.29) is 12.4 Å². The number of likely N-dealkylation sites (tertiary alicyclic amines) is 1. The Morgan fingerprint density at radius 2 is 1.73 bits per heavy atom. The zero-order valence-corrected chi connectivity index (χ0v) is 7.91. The molecule has 1 heterocycles. The molecule has 1 fully saturated rings. The van der Waals surface area contributed by atoms with E-state index >= 15 is 0 Å². The maximum Gasteiger partial charge on any atom is -0.00183 e. The summed E-state index contributed by atoms with van der Waals surface area (Å²) in [6.07, 6.45) is 5.29. The van der Waals surface area contributed by atoms with E-state index in [1.807, 2.05) is 0 Å². The molecule has 11 heavy (non-hydrogen) atoms. The van der Waals surface area contributed by atoms with Gasteiger partial charge in [0.2, 0.25) is 0 Å². The van der Waals surface area contributed by atoms with Crippen molar-refractivity contribution in [3.63, 3.8) is 0 Å². The van der Waals surface area contributed by atoms with Crippen molar-refractivity contribution in [1.82, 2.24) is 4.90 Å². The van der Waals surface area contributed by atoms with E-state index in [0.29, 0.717) is 0 Å². The maximum atomic E-state index is 5.39. The molecule has 1 aliphatic rings. The Labute approximate surface area is 75.5 Å². The second kappa shape index (κ2) is 6.89. The van der Waals surface area contributed by atoms with Gasteiger partial charge in [-0.05, 0) is 51.9 Å². The van der Waals surface area contributed by atoms with Gasteiger partial charge < -0.3 is 10.6 Å². The second-order valence-electron chi connectivity index (χ2n) is 3.04. The molecule has 3 heteroatoms. The first-order valence-electron chi connectivity index (χ1n) is 4.36. The number of hydrogen-bond donors (Lipinski definition) is 1. The van der Waals surface area contributed by atoms with E-state index in [1.54, 1.807) is 0 Å². The van der Waals surface area contributed by atoms with Gasteiger partial charge in [-0.3, -0.25) is 0 Å². The average molecular weight is 179 g/mol. The van der Waals surface area contributed by atoms with Crippen molar-refractivity contribution in [3.05, 3.63) is 0 Å². The number of unbranched alkanes of at least 4 members (excludes halogenated alkanes) is 1. The Morgan fingerprint density at radius 1 is 1.09 bits per heavy atom. The molecule has 0 amide bonds. The predicted octanol–water partition coefficient (Wildman–Crippen LogP) is 1.24. The molecule has 0 spiro atoms. The van der Waals surface area contributed by atoms with E-state index < -0.39 is 0 Å². The van der Waals surface area contributed by atoms with Crippen LogP contribution in [0.4, 0.5) is 0 Å². The van der Waals surface area contributed by atoms with Crippen molar-refractivity contribution in [2.24, 2.45) is 5.73 Å². The first-order valence-corrected chi connectivity index (χ1v) is 4.36. The first-order chi connectivity index (χ1) is 4.93. The summed E-state index contributed by atoms with van der Waals surface area (Å²) >= 11 is 0. The lowest BCUT2D eigenvalue weighted by Crippen LogP contribution is -2.20. The summed E-state index contributed by atoms with van der Waals surface area (Å²) in [5.74, 6) is 0. The van der Waals surface area contributed by atoms with E-state index in [0.717, 1.165) is 6.54 Å². The fraction of sp³-hybridized carbons (Fsp3) is 1.00. The molecule has 2 N–H and O–H groups in total. The molecule has 2 nitrogen and oxygen atoms in total. The van der Waals surface area contributed by atoms with E-state index in [1.165, 1.54) is 45.3 Å². The topological polar surface area (TPSA) is 29.3 Å². The summed E-state index contributed by atoms with van der Waals surface area (Å²) in [5, 5.41) is 0. The van der Waals surface area contributed by atoms with Gasteiger partial charge >= 0.3 is 0 Å². The predicted molar refractivity (Wildman–Crippen MR) is 51.2 cm³/mol. The average Bonchev–Trinajstić information content (AvgIpc) is 2.41. The van der Waals surface area contributed by atoms with Gasteiger partial charge in [0.1, 0.15) is 0 Å². The highest BCUT2D eigenvalue weighted by Gasteiger charge is 2.09. The highest BCUT2D eigenvalue weighted by atomic mass is 35.5. The Bertz CT molecular complexity index is 82.2. The molecule has 0 bridgehead atoms. The summed E-state index contributed by atoms with van der Waals surface area (Å²) < 4.78 is 0. The Kier molecular flexibility index (Phi) is 7.02. The molecule has 1 aliphatic heterocycles. The standard InChI is InChI=1S/C8H18N2.ClH/c9-5-1-2-6-10-7-3-4-8-10;/h1-9H2;1H. The molecular formula is C8H19ClN2. The van der Waals surface area contributed by atoms with Crippen molar-refractivity contribution < 1.29 is 0 Å². The number of hydrogen-bond acceptors (Lipinski definition) is 2. The minimum absolute atomic E-state index is 0. The Hall–Kier alpha value is 0.210. The fourth-order valence-electron chi connectivity index (χ4n) is 1.49. The second-order valence-corrected chi connectivity index (χ2v) is 3.04. The maximum absolute atomic E-state index is 5.39. The van der Waals surface area contributed by atoms with Crippen LogP contribution in [0.15, 0.2) is 0 Å². The monoisotopic (exact) mass is 178 g/mol. The first kappa shape index (κ1) is 11.2. The van der Waals surface area contributed by atoms with Crippen molar-refractivity contribution in [1.29, 1.82) is 0 Å². The van der Waals surface area contributed by atoms with Gasteiger partial charge in [-0.2, -0.15) is 0 Å². The van der Waals surface area contributed by atoms with Gasteiger partial charge in [-0.25, -0.2) is 0 Å². The Balaban J connectivity index is 0.000001000. The van der Waals surface area contributed by atoms with Crippen molar-refractivity contribution in [2.45, 2.75) is 25.7 Å². The van der Waals surface area contributed by atoms with Gasteiger partial charge in [0, 0.05) is 0 Å². The molecular weight excluding hydrogens is 160 g/mol. The van der Waals surface area contributed by atoms with E-state index in [4.69, 9.17) is 5.73 Å². The van der Waals surface area contributed by atoms with Gasteiger partial charge in [0.05, 0.1) is 0 Å². The molecule has 68 valence electrons. The molecule has 0 aromatic carbocycles. The van der Waals surface area contributed by atoms with Crippen LogP contribution in [-0.2, 0) is 0 Å². The summed E-state index contributed by atoms with van der Waals surface area (Å²) in [6, 6.07) is 0. The van der Waals surface area contributed by atoms with Gasteiger partial charge in [0.25, 0.3) is 0 Å². The van der Waals surface area contributed by atoms with Crippen LogP contribution in [0, 0.1) is 0 Å². The lowest BCUT2D eigenvalue weighted by molar-refractivity contribution is 0.331. The van der Waals surface area contributed by atoms with Crippen molar-refractivity contribution in [3.8, 4) is 0 Å². The third kappa shape index (κ3) is 4.62. The van der Waals surface area contributed by atoms with Crippen LogP contribution in [0.3, 0.4) is 0 Å². The van der Waals surface area contributed by atoms with Gasteiger partial charge in [-0.1, -0.05) is 0 Å². The molecule has 1 saturated heterocycles. The molecule has 0 aromatic rings. The van der Waals surface area contributed by atoms with E-state index in [2.05, 4.69) is 4.90 Å². The Morgan fingerprint density at radius 3 is 2.27 bits per heavy atom. The summed E-state index contributed by atoms with van der Waals surface area (Å²) in [6.45, 7) is 4.78. The fourth-order valence-corrected chi connectivity index (χ4v) is 1.49. The lowest BCUT2D eigenvalue weighted by Gasteiger charge is -2.12. The summed E-state index contributed by atoms with van der Waals surface area (Å²) in [5.41, 5.74) is 5.39. The van der Waals surface area contributed by atoms with Gasteiger partial charge in [0.15, 0.2) is 0 Å². The number of rotatable bonds is 4.